The van der Waals surface area contributed by atoms with Gasteiger partial charge in [-0.3, -0.25) is 4.79 Å². The second-order valence-corrected chi connectivity index (χ2v) is 6.15. The van der Waals surface area contributed by atoms with E-state index in [0.29, 0.717) is 23.9 Å². The molecule has 1 amide bonds. The van der Waals surface area contributed by atoms with E-state index in [1.807, 2.05) is 0 Å². The van der Waals surface area contributed by atoms with E-state index in [1.165, 1.54) is 17.4 Å². The average molecular weight is 279 g/mol. The summed E-state index contributed by atoms with van der Waals surface area (Å²) in [5.41, 5.74) is 0.538. The highest BCUT2D eigenvalue weighted by Crippen LogP contribution is 2.11. The summed E-state index contributed by atoms with van der Waals surface area (Å²) in [5, 5.41) is 2.82. The first-order valence-electron chi connectivity index (χ1n) is 7.38. The summed E-state index contributed by atoms with van der Waals surface area (Å²) < 4.78 is 13.4. The molecular formula is C16H24FN2O+. The Labute approximate surface area is 120 Å². The van der Waals surface area contributed by atoms with Gasteiger partial charge >= 0.3 is 0 Å². The van der Waals surface area contributed by atoms with Gasteiger partial charge in [0.15, 0.2) is 6.54 Å². The lowest BCUT2D eigenvalue weighted by Gasteiger charge is -2.31. The summed E-state index contributed by atoms with van der Waals surface area (Å²) in [4.78, 5) is 13.3. The molecule has 0 spiro atoms. The largest absolute Gasteiger partial charge is 0.347 e. The number of benzene rings is 1. The van der Waals surface area contributed by atoms with Crippen LogP contribution in [-0.2, 0) is 11.3 Å². The molecule has 2 rings (SSSR count). The fourth-order valence-electron chi connectivity index (χ4n) is 3.19. The molecule has 110 valence electrons. The average Bonchev–Trinajstić information content (AvgIpc) is 2.36. The minimum Gasteiger partial charge on any atom is -0.347 e. The van der Waals surface area contributed by atoms with E-state index in [0.717, 1.165) is 13.1 Å². The van der Waals surface area contributed by atoms with Crippen LogP contribution in [0.4, 0.5) is 4.39 Å². The summed E-state index contributed by atoms with van der Waals surface area (Å²) in [5.74, 6) is 1.09. The molecule has 2 N–H and O–H groups in total. The van der Waals surface area contributed by atoms with E-state index >= 15 is 0 Å². The van der Waals surface area contributed by atoms with Crippen molar-refractivity contribution < 1.29 is 14.1 Å². The quantitative estimate of drug-likeness (QED) is 0.847. The number of carbonyl (C=O) groups is 1. The Morgan fingerprint density at radius 1 is 1.30 bits per heavy atom. The third kappa shape index (κ3) is 4.30. The number of nitrogens with one attached hydrogen (secondary N) is 2. The lowest BCUT2D eigenvalue weighted by molar-refractivity contribution is -0.904. The Bertz CT molecular complexity index is 454. The molecule has 0 bridgehead atoms. The monoisotopic (exact) mass is 279 g/mol. The standard InChI is InChI=1S/C16H23FN2O/c1-12-7-13(2)10-19(9-12)11-16(20)18-8-14-5-3-4-6-15(14)17/h3-6,12-13H,7-11H2,1-2H3,(H,18,20)/p+1/t12-,13+. The summed E-state index contributed by atoms with van der Waals surface area (Å²) in [6, 6.07) is 6.55. The van der Waals surface area contributed by atoms with E-state index in [-0.39, 0.29) is 18.3 Å². The first-order valence-corrected chi connectivity index (χ1v) is 7.38. The Kier molecular flexibility index (Phi) is 5.12. The number of amides is 1. The van der Waals surface area contributed by atoms with E-state index in [1.54, 1.807) is 18.2 Å². The first kappa shape index (κ1) is 15.0. The van der Waals surface area contributed by atoms with Gasteiger partial charge in [0.1, 0.15) is 5.82 Å². The zero-order chi connectivity index (χ0) is 14.5. The van der Waals surface area contributed by atoms with Crippen LogP contribution in [0, 0.1) is 17.7 Å². The maximum atomic E-state index is 13.4. The maximum Gasteiger partial charge on any atom is 0.275 e. The van der Waals surface area contributed by atoms with Crippen LogP contribution in [0.3, 0.4) is 0 Å². The third-order valence-electron chi connectivity index (χ3n) is 3.92. The van der Waals surface area contributed by atoms with Gasteiger partial charge in [0.05, 0.1) is 13.1 Å². The summed E-state index contributed by atoms with van der Waals surface area (Å²) in [6.07, 6.45) is 1.25. The van der Waals surface area contributed by atoms with E-state index < -0.39 is 0 Å². The first-order chi connectivity index (χ1) is 9.54. The zero-order valence-electron chi connectivity index (χ0n) is 12.3. The van der Waals surface area contributed by atoms with Crippen molar-refractivity contribution in [3.05, 3.63) is 35.6 Å². The molecule has 20 heavy (non-hydrogen) atoms. The fraction of sp³-hybridized carbons (Fsp3) is 0.562. The van der Waals surface area contributed by atoms with Crippen LogP contribution in [0.5, 0.6) is 0 Å². The minimum atomic E-state index is -0.264. The molecule has 1 aromatic rings. The molecule has 3 atom stereocenters. The Balaban J connectivity index is 1.79. The third-order valence-corrected chi connectivity index (χ3v) is 3.92. The molecule has 0 aliphatic carbocycles. The van der Waals surface area contributed by atoms with Crippen molar-refractivity contribution in [1.82, 2.24) is 5.32 Å². The van der Waals surface area contributed by atoms with E-state index in [9.17, 15) is 9.18 Å². The zero-order valence-corrected chi connectivity index (χ0v) is 12.3. The second kappa shape index (κ2) is 6.84. The Morgan fingerprint density at radius 3 is 2.60 bits per heavy atom. The van der Waals surface area contributed by atoms with Crippen molar-refractivity contribution in [2.45, 2.75) is 26.8 Å². The number of rotatable bonds is 4. The lowest BCUT2D eigenvalue weighted by Crippen LogP contribution is -3.15. The molecule has 0 radical (unpaired) electrons. The fourth-order valence-corrected chi connectivity index (χ4v) is 3.19. The number of carbonyl (C=O) groups excluding carboxylic acids is 1. The van der Waals surface area contributed by atoms with Crippen molar-refractivity contribution >= 4 is 5.91 Å². The van der Waals surface area contributed by atoms with Gasteiger partial charge < -0.3 is 10.2 Å². The molecule has 0 aromatic heterocycles. The molecule has 4 heteroatoms. The van der Waals surface area contributed by atoms with Crippen LogP contribution in [0.1, 0.15) is 25.8 Å². The number of likely N-dealkylation sites (tertiary alicyclic amines) is 1. The molecule has 1 saturated heterocycles. The SMILES string of the molecule is C[C@@H]1C[C@H](C)C[NH+](CC(=O)NCc2ccccc2F)C1. The minimum absolute atomic E-state index is 0.00422. The molecule has 0 saturated carbocycles. The van der Waals surface area contributed by atoms with E-state index in [2.05, 4.69) is 19.2 Å². The van der Waals surface area contributed by atoms with Gasteiger partial charge in [-0.1, -0.05) is 32.0 Å². The molecular weight excluding hydrogens is 255 g/mol. The predicted molar refractivity (Wildman–Crippen MR) is 76.8 cm³/mol. The van der Waals surface area contributed by atoms with E-state index in [4.69, 9.17) is 0 Å². The van der Waals surface area contributed by atoms with Gasteiger partial charge in [0.25, 0.3) is 5.91 Å². The van der Waals surface area contributed by atoms with Crippen LogP contribution in [0.25, 0.3) is 0 Å². The predicted octanol–water partition coefficient (Wildman–Crippen LogP) is 1.00. The van der Waals surface area contributed by atoms with Crippen molar-refractivity contribution in [2.24, 2.45) is 11.8 Å². The number of hydrogen-bond acceptors (Lipinski definition) is 1. The van der Waals surface area contributed by atoms with Crippen molar-refractivity contribution in [3.8, 4) is 0 Å². The van der Waals surface area contributed by atoms with Crippen LogP contribution in [0.15, 0.2) is 24.3 Å². The summed E-state index contributed by atoms with van der Waals surface area (Å²) >= 11 is 0. The summed E-state index contributed by atoms with van der Waals surface area (Å²) in [7, 11) is 0. The molecule has 1 aromatic carbocycles. The number of hydrogen-bond donors (Lipinski definition) is 2. The van der Waals surface area contributed by atoms with Crippen LogP contribution in [-0.4, -0.2) is 25.5 Å². The second-order valence-electron chi connectivity index (χ2n) is 6.15. The summed E-state index contributed by atoms with van der Waals surface area (Å²) in [6.45, 7) is 7.35. The van der Waals surface area contributed by atoms with Gasteiger partial charge in [-0.05, 0) is 12.5 Å². The highest BCUT2D eigenvalue weighted by atomic mass is 19.1. The van der Waals surface area contributed by atoms with Gasteiger partial charge in [0.2, 0.25) is 0 Å². The van der Waals surface area contributed by atoms with Crippen molar-refractivity contribution in [2.75, 3.05) is 19.6 Å². The molecule has 3 nitrogen and oxygen atoms in total. The number of quaternary nitrogens is 1. The van der Waals surface area contributed by atoms with Gasteiger partial charge in [-0.25, -0.2) is 4.39 Å². The molecule has 1 heterocycles. The van der Waals surface area contributed by atoms with Gasteiger partial charge in [0, 0.05) is 23.9 Å². The van der Waals surface area contributed by atoms with Crippen molar-refractivity contribution in [3.63, 3.8) is 0 Å². The Hall–Kier alpha value is -1.42. The van der Waals surface area contributed by atoms with Gasteiger partial charge in [-0.15, -0.1) is 0 Å². The molecule has 1 fully saturated rings. The van der Waals surface area contributed by atoms with Crippen LogP contribution >= 0.6 is 0 Å². The lowest BCUT2D eigenvalue weighted by atomic mass is 9.92. The maximum absolute atomic E-state index is 13.4. The highest BCUT2D eigenvalue weighted by Gasteiger charge is 2.26. The van der Waals surface area contributed by atoms with Crippen LogP contribution in [0.2, 0.25) is 0 Å². The molecule has 1 aliphatic rings. The van der Waals surface area contributed by atoms with Gasteiger partial charge in [-0.2, -0.15) is 0 Å². The topological polar surface area (TPSA) is 33.5 Å². The van der Waals surface area contributed by atoms with Crippen molar-refractivity contribution in [1.29, 1.82) is 0 Å². The smallest absolute Gasteiger partial charge is 0.275 e. The van der Waals surface area contributed by atoms with Crippen LogP contribution < -0.4 is 10.2 Å². The number of halogens is 1. The highest BCUT2D eigenvalue weighted by molar-refractivity contribution is 5.76. The number of piperidine rings is 1. The normalized spacial score (nSPS) is 26.2. The Morgan fingerprint density at radius 2 is 1.95 bits per heavy atom. The molecule has 1 aliphatic heterocycles. The molecule has 1 unspecified atom stereocenters.